The largest absolute Gasteiger partial charge is 0.336 e. The molecule has 0 aliphatic heterocycles. The summed E-state index contributed by atoms with van der Waals surface area (Å²) in [5, 5.41) is 5.21. The average Bonchev–Trinajstić information content (AvgIpc) is 3.30. The van der Waals surface area contributed by atoms with Gasteiger partial charge in [0.1, 0.15) is 0 Å². The number of halogens is 1. The molecular formula is C22H19ClN4O2S. The van der Waals surface area contributed by atoms with Crippen molar-refractivity contribution in [3.05, 3.63) is 76.9 Å². The molecule has 8 heteroatoms. The number of carbonyl (C=O) groups is 2. The fraction of sp³-hybridized carbons (Fsp3) is 0.136. The summed E-state index contributed by atoms with van der Waals surface area (Å²) in [4.78, 5) is 31.8. The highest BCUT2D eigenvalue weighted by molar-refractivity contribution is 7.15. The van der Waals surface area contributed by atoms with Crippen LogP contribution in [0.3, 0.4) is 0 Å². The lowest BCUT2D eigenvalue weighted by Crippen LogP contribution is -2.36. The van der Waals surface area contributed by atoms with Gasteiger partial charge in [0.2, 0.25) is 11.8 Å². The van der Waals surface area contributed by atoms with Crippen molar-refractivity contribution in [1.82, 2.24) is 14.3 Å². The van der Waals surface area contributed by atoms with Gasteiger partial charge in [-0.05, 0) is 18.2 Å². The lowest BCUT2D eigenvalue weighted by molar-refractivity contribution is -0.132. The van der Waals surface area contributed by atoms with Gasteiger partial charge >= 0.3 is 0 Å². The van der Waals surface area contributed by atoms with Crippen molar-refractivity contribution in [2.75, 3.05) is 18.9 Å². The van der Waals surface area contributed by atoms with Crippen LogP contribution in [0.25, 0.3) is 16.2 Å². The number of rotatable bonds is 6. The number of aromatic nitrogens is 2. The van der Waals surface area contributed by atoms with Crippen LogP contribution in [0.5, 0.6) is 0 Å². The molecule has 152 valence electrons. The third kappa shape index (κ3) is 4.53. The van der Waals surface area contributed by atoms with E-state index in [1.807, 2.05) is 46.3 Å². The molecule has 4 rings (SSSR count). The maximum atomic E-state index is 12.7. The number of anilines is 1. The molecule has 2 amide bonds. The molecule has 1 N–H and O–H groups in total. The number of amides is 2. The predicted octanol–water partition coefficient (Wildman–Crippen LogP) is 4.36. The zero-order valence-electron chi connectivity index (χ0n) is 16.2. The highest BCUT2D eigenvalue weighted by Gasteiger charge is 2.17. The molecule has 2 heterocycles. The summed E-state index contributed by atoms with van der Waals surface area (Å²) in [7, 11) is 1.62. The van der Waals surface area contributed by atoms with E-state index in [4.69, 9.17) is 11.6 Å². The summed E-state index contributed by atoms with van der Waals surface area (Å²) in [5.74, 6) is -0.427. The minimum atomic E-state index is -0.280. The van der Waals surface area contributed by atoms with Gasteiger partial charge in [-0.1, -0.05) is 48.0 Å². The van der Waals surface area contributed by atoms with E-state index in [9.17, 15) is 9.59 Å². The zero-order chi connectivity index (χ0) is 21.1. The summed E-state index contributed by atoms with van der Waals surface area (Å²) in [6.07, 6.45) is 2.13. The number of fused-ring (bicyclic) bond motifs is 1. The monoisotopic (exact) mass is 438 g/mol. The summed E-state index contributed by atoms with van der Waals surface area (Å²) >= 11 is 7.42. The molecule has 0 bridgehead atoms. The first kappa shape index (κ1) is 20.1. The van der Waals surface area contributed by atoms with Crippen LogP contribution < -0.4 is 5.32 Å². The van der Waals surface area contributed by atoms with E-state index in [-0.39, 0.29) is 24.8 Å². The number of thiazole rings is 1. The second-order valence-electron chi connectivity index (χ2n) is 6.86. The Hall–Kier alpha value is -3.16. The minimum Gasteiger partial charge on any atom is -0.336 e. The number of benzene rings is 2. The number of nitrogens with zero attached hydrogens (tertiary/aromatic N) is 3. The first-order valence-corrected chi connectivity index (χ1v) is 10.6. The summed E-state index contributed by atoms with van der Waals surface area (Å²) in [6.45, 7) is -0.0438. The molecule has 0 saturated heterocycles. The van der Waals surface area contributed by atoms with E-state index < -0.39 is 0 Å². The Morgan fingerprint density at radius 3 is 2.73 bits per heavy atom. The molecule has 0 saturated carbocycles. The van der Waals surface area contributed by atoms with Gasteiger partial charge in [0.05, 0.1) is 18.7 Å². The quantitative estimate of drug-likeness (QED) is 0.486. The van der Waals surface area contributed by atoms with Crippen LogP contribution in [-0.2, 0) is 16.0 Å². The lowest BCUT2D eigenvalue weighted by atomic mass is 10.2. The molecule has 0 atom stereocenters. The number of hydrogen-bond donors (Lipinski definition) is 1. The maximum absolute atomic E-state index is 12.7. The smallest absolute Gasteiger partial charge is 0.243 e. The average molecular weight is 439 g/mol. The molecule has 6 nitrogen and oxygen atoms in total. The van der Waals surface area contributed by atoms with Gasteiger partial charge in [-0.15, -0.1) is 11.3 Å². The molecule has 4 aromatic rings. The standard InChI is InChI=1S/C22H19ClN4O2S/c1-26(13-20(28)24-17-9-5-8-16(23)10-17)21(29)11-18-14-30-22-25-19(12-27(18)22)15-6-3-2-4-7-15/h2-10,12,14H,11,13H2,1H3,(H,24,28). The summed E-state index contributed by atoms with van der Waals surface area (Å²) in [5.41, 5.74) is 3.34. The van der Waals surface area contributed by atoms with Crippen molar-refractivity contribution in [3.8, 4) is 11.3 Å². The molecule has 0 spiro atoms. The third-order valence-electron chi connectivity index (χ3n) is 4.60. The Morgan fingerprint density at radius 1 is 1.17 bits per heavy atom. The highest BCUT2D eigenvalue weighted by Crippen LogP contribution is 2.24. The van der Waals surface area contributed by atoms with Crippen LogP contribution >= 0.6 is 22.9 Å². The number of likely N-dealkylation sites (N-methyl/N-ethyl adjacent to an activating group) is 1. The second kappa shape index (κ2) is 8.69. The summed E-state index contributed by atoms with van der Waals surface area (Å²) < 4.78 is 1.94. The van der Waals surface area contributed by atoms with Gasteiger partial charge in [0, 0.05) is 40.6 Å². The van der Waals surface area contributed by atoms with Crippen LogP contribution in [0, 0.1) is 0 Å². The van der Waals surface area contributed by atoms with Crippen molar-refractivity contribution in [1.29, 1.82) is 0 Å². The van der Waals surface area contributed by atoms with E-state index in [0.29, 0.717) is 10.7 Å². The normalized spacial score (nSPS) is 10.9. The van der Waals surface area contributed by atoms with E-state index in [2.05, 4.69) is 10.3 Å². The number of hydrogen-bond acceptors (Lipinski definition) is 4. The number of carbonyl (C=O) groups excluding carboxylic acids is 2. The van der Waals surface area contributed by atoms with Gasteiger partial charge in [-0.25, -0.2) is 4.98 Å². The van der Waals surface area contributed by atoms with Crippen LogP contribution in [0.4, 0.5) is 5.69 Å². The molecule has 0 unspecified atom stereocenters. The van der Waals surface area contributed by atoms with Gasteiger partial charge in [-0.3, -0.25) is 14.0 Å². The van der Waals surface area contributed by atoms with Crippen molar-refractivity contribution >= 4 is 45.4 Å². The molecule has 0 radical (unpaired) electrons. The Bertz CT molecular complexity index is 1200. The Kier molecular flexibility index (Phi) is 5.83. The van der Waals surface area contributed by atoms with Crippen molar-refractivity contribution < 1.29 is 9.59 Å². The Balaban J connectivity index is 1.41. The number of nitrogens with one attached hydrogen (secondary N) is 1. The topological polar surface area (TPSA) is 66.7 Å². The van der Waals surface area contributed by atoms with Crippen LogP contribution in [0.1, 0.15) is 5.69 Å². The van der Waals surface area contributed by atoms with E-state index in [0.717, 1.165) is 21.9 Å². The molecule has 2 aromatic carbocycles. The molecule has 0 fully saturated rings. The van der Waals surface area contributed by atoms with Crippen LogP contribution in [0.2, 0.25) is 5.02 Å². The molecule has 0 aliphatic rings. The predicted molar refractivity (Wildman–Crippen MR) is 120 cm³/mol. The lowest BCUT2D eigenvalue weighted by Gasteiger charge is -2.16. The van der Waals surface area contributed by atoms with Crippen molar-refractivity contribution in [3.63, 3.8) is 0 Å². The Labute approximate surface area is 182 Å². The third-order valence-corrected chi connectivity index (χ3v) is 5.72. The summed E-state index contributed by atoms with van der Waals surface area (Å²) in [6, 6.07) is 16.8. The Morgan fingerprint density at radius 2 is 1.97 bits per heavy atom. The molecule has 30 heavy (non-hydrogen) atoms. The van der Waals surface area contributed by atoms with E-state index in [1.54, 1.807) is 31.3 Å². The minimum absolute atomic E-state index is 0.0438. The fourth-order valence-electron chi connectivity index (χ4n) is 3.06. The highest BCUT2D eigenvalue weighted by atomic mass is 35.5. The van der Waals surface area contributed by atoms with Gasteiger partial charge in [0.15, 0.2) is 4.96 Å². The van der Waals surface area contributed by atoms with E-state index in [1.165, 1.54) is 16.2 Å². The van der Waals surface area contributed by atoms with Gasteiger partial charge < -0.3 is 10.2 Å². The first-order chi connectivity index (χ1) is 14.5. The van der Waals surface area contributed by atoms with Crippen molar-refractivity contribution in [2.45, 2.75) is 6.42 Å². The van der Waals surface area contributed by atoms with Crippen LogP contribution in [0.15, 0.2) is 66.2 Å². The van der Waals surface area contributed by atoms with Gasteiger partial charge in [-0.2, -0.15) is 0 Å². The zero-order valence-corrected chi connectivity index (χ0v) is 17.8. The number of imidazole rings is 1. The SMILES string of the molecule is CN(CC(=O)Nc1cccc(Cl)c1)C(=O)Cc1csc2nc(-c3ccccc3)cn12. The van der Waals surface area contributed by atoms with Gasteiger partial charge in [0.25, 0.3) is 0 Å². The van der Waals surface area contributed by atoms with Crippen molar-refractivity contribution in [2.24, 2.45) is 0 Å². The molecular weight excluding hydrogens is 420 g/mol. The molecule has 0 aliphatic carbocycles. The van der Waals surface area contributed by atoms with Crippen LogP contribution in [-0.4, -0.2) is 39.7 Å². The first-order valence-electron chi connectivity index (χ1n) is 9.30. The van der Waals surface area contributed by atoms with E-state index >= 15 is 0 Å². The second-order valence-corrected chi connectivity index (χ2v) is 8.13. The maximum Gasteiger partial charge on any atom is 0.243 e. The molecule has 2 aromatic heterocycles. The fourth-order valence-corrected chi connectivity index (χ4v) is 4.13.